The Bertz CT molecular complexity index is 505. The van der Waals surface area contributed by atoms with Crippen LogP contribution in [-0.2, 0) is 9.59 Å². The van der Waals surface area contributed by atoms with E-state index in [0.29, 0.717) is 12.8 Å². The van der Waals surface area contributed by atoms with E-state index in [1.165, 1.54) is 154 Å². The Morgan fingerprint density at radius 3 is 0.805 bits per heavy atom. The second kappa shape index (κ2) is 33.4. The highest BCUT2D eigenvalue weighted by atomic mass is 16.2. The van der Waals surface area contributed by atoms with E-state index in [2.05, 4.69) is 24.5 Å². The van der Waals surface area contributed by atoms with Crippen molar-refractivity contribution in [2.24, 2.45) is 0 Å². The van der Waals surface area contributed by atoms with Crippen molar-refractivity contribution in [2.45, 2.75) is 226 Å². The Kier molecular flexibility index (Phi) is 32.6. The molecular formula is C37H74N2O2. The molecule has 2 N–H and O–H groups in total. The highest BCUT2D eigenvalue weighted by Crippen LogP contribution is 2.15. The molecule has 4 heteroatoms. The van der Waals surface area contributed by atoms with Crippen LogP contribution < -0.4 is 10.6 Å². The van der Waals surface area contributed by atoms with Crippen molar-refractivity contribution in [3.05, 3.63) is 0 Å². The third-order valence-electron chi connectivity index (χ3n) is 8.59. The lowest BCUT2D eigenvalue weighted by Gasteiger charge is -2.18. The Hall–Kier alpha value is -1.06. The van der Waals surface area contributed by atoms with Gasteiger partial charge in [-0.2, -0.15) is 0 Å². The smallest absolute Gasteiger partial charge is 0.221 e. The first-order chi connectivity index (χ1) is 20.1. The molecule has 0 rings (SSSR count). The van der Waals surface area contributed by atoms with Crippen LogP contribution in [0.5, 0.6) is 0 Å². The van der Waals surface area contributed by atoms with Gasteiger partial charge < -0.3 is 10.6 Å². The summed E-state index contributed by atoms with van der Waals surface area (Å²) in [5.41, 5.74) is 0. The molecule has 0 aliphatic heterocycles. The van der Waals surface area contributed by atoms with Gasteiger partial charge in [0.1, 0.15) is 6.17 Å². The fourth-order valence-corrected chi connectivity index (χ4v) is 5.73. The van der Waals surface area contributed by atoms with Gasteiger partial charge in [0.2, 0.25) is 11.8 Å². The molecule has 0 heterocycles. The number of unbranched alkanes of at least 4 members (excludes halogenated alkanes) is 26. The number of carbonyl (C=O) groups is 2. The average Bonchev–Trinajstić information content (AvgIpc) is 2.97. The molecular weight excluding hydrogens is 504 g/mol. The summed E-state index contributed by atoms with van der Waals surface area (Å²) in [7, 11) is 0. The minimum atomic E-state index is -0.228. The van der Waals surface area contributed by atoms with E-state index >= 15 is 0 Å². The third-order valence-corrected chi connectivity index (χ3v) is 8.59. The van der Waals surface area contributed by atoms with Gasteiger partial charge in [-0.15, -0.1) is 0 Å². The van der Waals surface area contributed by atoms with Crippen molar-refractivity contribution in [1.29, 1.82) is 0 Å². The number of hydrogen-bond acceptors (Lipinski definition) is 2. The molecule has 0 aliphatic rings. The summed E-state index contributed by atoms with van der Waals surface area (Å²) in [5, 5.41) is 6.05. The largest absolute Gasteiger partial charge is 0.336 e. The zero-order valence-electron chi connectivity index (χ0n) is 28.3. The molecule has 0 atom stereocenters. The predicted molar refractivity (Wildman–Crippen MR) is 180 cm³/mol. The second-order valence-electron chi connectivity index (χ2n) is 12.8. The lowest BCUT2D eigenvalue weighted by Crippen LogP contribution is -2.47. The maximum atomic E-state index is 12.3. The lowest BCUT2D eigenvalue weighted by atomic mass is 10.0. The minimum absolute atomic E-state index is 0.0765. The first kappa shape index (κ1) is 39.9. The van der Waals surface area contributed by atoms with Crippen molar-refractivity contribution in [2.75, 3.05) is 0 Å². The van der Waals surface area contributed by atoms with Gasteiger partial charge in [0, 0.05) is 12.8 Å². The SMILES string of the molecule is CCCCCCCCCCCCCCCCC(=O)NC(CC)NC(=O)CCCCCCCCCCCCCCCC. The van der Waals surface area contributed by atoms with Crippen LogP contribution in [-0.4, -0.2) is 18.0 Å². The van der Waals surface area contributed by atoms with Gasteiger partial charge in [0.05, 0.1) is 0 Å². The van der Waals surface area contributed by atoms with Crippen LogP contribution in [0.4, 0.5) is 0 Å². The predicted octanol–water partition coefficient (Wildman–Crippen LogP) is 11.7. The number of rotatable bonds is 33. The highest BCUT2D eigenvalue weighted by molar-refractivity contribution is 5.79. The molecule has 0 aromatic carbocycles. The number of hydrogen-bond donors (Lipinski definition) is 2. The van der Waals surface area contributed by atoms with E-state index in [4.69, 9.17) is 0 Å². The molecule has 0 aromatic heterocycles. The zero-order chi connectivity index (χ0) is 30.1. The molecule has 0 spiro atoms. The minimum Gasteiger partial charge on any atom is -0.336 e. The van der Waals surface area contributed by atoms with Crippen LogP contribution in [0.1, 0.15) is 220 Å². The number of nitrogens with one attached hydrogen (secondary N) is 2. The molecule has 2 amide bonds. The fourth-order valence-electron chi connectivity index (χ4n) is 5.73. The van der Waals surface area contributed by atoms with Gasteiger partial charge in [0.15, 0.2) is 0 Å². The summed E-state index contributed by atoms with van der Waals surface area (Å²) in [6, 6.07) is 0. The third kappa shape index (κ3) is 31.7. The fraction of sp³-hybridized carbons (Fsp3) is 0.946. The molecule has 0 saturated carbocycles. The monoisotopic (exact) mass is 579 g/mol. The molecule has 0 bridgehead atoms. The van der Waals surface area contributed by atoms with Crippen LogP contribution in [0, 0.1) is 0 Å². The van der Waals surface area contributed by atoms with Gasteiger partial charge in [0.25, 0.3) is 0 Å². The van der Waals surface area contributed by atoms with Crippen molar-refractivity contribution in [1.82, 2.24) is 10.6 Å². The summed E-state index contributed by atoms with van der Waals surface area (Å²) in [5.74, 6) is 0.153. The Labute approximate surface area is 257 Å². The Morgan fingerprint density at radius 1 is 0.366 bits per heavy atom. The van der Waals surface area contributed by atoms with Gasteiger partial charge >= 0.3 is 0 Å². The molecule has 0 unspecified atom stereocenters. The summed E-state index contributed by atoms with van der Waals surface area (Å²) < 4.78 is 0. The van der Waals surface area contributed by atoms with Gasteiger partial charge in [-0.3, -0.25) is 9.59 Å². The summed E-state index contributed by atoms with van der Waals surface area (Å²) in [6.45, 7) is 6.57. The maximum Gasteiger partial charge on any atom is 0.221 e. The first-order valence-corrected chi connectivity index (χ1v) is 18.7. The molecule has 0 saturated heterocycles. The van der Waals surface area contributed by atoms with Crippen molar-refractivity contribution < 1.29 is 9.59 Å². The van der Waals surface area contributed by atoms with Crippen LogP contribution in [0.15, 0.2) is 0 Å². The van der Waals surface area contributed by atoms with Crippen LogP contribution >= 0.6 is 0 Å². The van der Waals surface area contributed by atoms with E-state index in [9.17, 15) is 9.59 Å². The summed E-state index contributed by atoms with van der Waals surface area (Å²) in [6.07, 6.45) is 38.7. The van der Waals surface area contributed by atoms with E-state index in [0.717, 1.165) is 32.1 Å². The normalized spacial score (nSPS) is 11.3. The molecule has 0 radical (unpaired) electrons. The van der Waals surface area contributed by atoms with Gasteiger partial charge in [-0.25, -0.2) is 0 Å². The van der Waals surface area contributed by atoms with E-state index < -0.39 is 0 Å². The van der Waals surface area contributed by atoms with Crippen LogP contribution in [0.25, 0.3) is 0 Å². The van der Waals surface area contributed by atoms with Crippen molar-refractivity contribution in [3.8, 4) is 0 Å². The van der Waals surface area contributed by atoms with Crippen LogP contribution in [0.2, 0.25) is 0 Å². The van der Waals surface area contributed by atoms with Gasteiger partial charge in [-0.05, 0) is 19.3 Å². The Balaban J connectivity index is 3.52. The quantitative estimate of drug-likeness (QED) is 0.0601. The Morgan fingerprint density at radius 2 is 0.585 bits per heavy atom. The average molecular weight is 579 g/mol. The molecule has 0 aromatic rings. The molecule has 0 aliphatic carbocycles. The van der Waals surface area contributed by atoms with Crippen molar-refractivity contribution >= 4 is 11.8 Å². The topological polar surface area (TPSA) is 58.2 Å². The maximum absolute atomic E-state index is 12.3. The molecule has 41 heavy (non-hydrogen) atoms. The first-order valence-electron chi connectivity index (χ1n) is 18.7. The summed E-state index contributed by atoms with van der Waals surface area (Å²) in [4.78, 5) is 24.7. The lowest BCUT2D eigenvalue weighted by molar-refractivity contribution is -0.124. The van der Waals surface area contributed by atoms with Crippen LogP contribution in [0.3, 0.4) is 0 Å². The van der Waals surface area contributed by atoms with Crippen molar-refractivity contribution in [3.63, 3.8) is 0 Å². The molecule has 0 fully saturated rings. The zero-order valence-corrected chi connectivity index (χ0v) is 28.3. The summed E-state index contributed by atoms with van der Waals surface area (Å²) >= 11 is 0. The number of carbonyl (C=O) groups excluding carboxylic acids is 2. The molecule has 244 valence electrons. The standard InChI is InChI=1S/C37H74N2O2/c1-4-7-9-11-13-15-17-19-21-23-25-27-29-31-33-36(40)38-35(6-3)39-37(41)34-32-30-28-26-24-22-20-18-16-14-12-10-8-5-2/h35H,4-34H2,1-3H3,(H,38,40)(H,39,41). The number of amides is 2. The van der Waals surface area contributed by atoms with E-state index in [-0.39, 0.29) is 18.0 Å². The molecule has 4 nitrogen and oxygen atoms in total. The van der Waals surface area contributed by atoms with Gasteiger partial charge in [-0.1, -0.05) is 188 Å². The second-order valence-corrected chi connectivity index (χ2v) is 12.8. The van der Waals surface area contributed by atoms with E-state index in [1.807, 2.05) is 6.92 Å². The van der Waals surface area contributed by atoms with E-state index in [1.54, 1.807) is 0 Å². The highest BCUT2D eigenvalue weighted by Gasteiger charge is 2.12.